The molecule has 8 atom stereocenters. The number of cyclic esters (lactones) is 1. The minimum atomic E-state index is -2.37. The number of allylic oxidation sites excluding steroid dienone is 1. The Morgan fingerprint density at radius 3 is 2.39 bits per heavy atom. The predicted octanol–water partition coefficient (Wildman–Crippen LogP) is 0.860. The van der Waals surface area contributed by atoms with E-state index in [1.807, 2.05) is 0 Å². The normalized spacial score (nSPS) is 45.0. The maximum atomic E-state index is 13.6. The van der Waals surface area contributed by atoms with Crippen molar-refractivity contribution in [1.82, 2.24) is 0 Å². The molecule has 1 aromatic rings. The highest BCUT2D eigenvalue weighted by molar-refractivity contribution is 5.90. The van der Waals surface area contributed by atoms with Crippen LogP contribution in [0.4, 0.5) is 0 Å². The fourth-order valence-electron chi connectivity index (χ4n) is 7.94. The van der Waals surface area contributed by atoms with Gasteiger partial charge in [-0.05, 0) is 51.3 Å². The maximum Gasteiger partial charge on any atom is 0.343 e. The molecule has 2 saturated carbocycles. The van der Waals surface area contributed by atoms with E-state index in [9.17, 15) is 35.1 Å². The Labute approximate surface area is 209 Å². The molecule has 5 N–H and O–H groups in total. The second-order valence-electron chi connectivity index (χ2n) is 11.6. The van der Waals surface area contributed by atoms with E-state index < -0.39 is 70.4 Å². The number of rotatable bonds is 3. The van der Waals surface area contributed by atoms with E-state index in [1.54, 1.807) is 39.0 Å². The van der Waals surface area contributed by atoms with Crippen LogP contribution in [0.25, 0.3) is 0 Å². The molecule has 0 spiro atoms. The van der Waals surface area contributed by atoms with Crippen LogP contribution in [0.3, 0.4) is 0 Å². The molecule has 0 radical (unpaired) electrons. The zero-order valence-corrected chi connectivity index (χ0v) is 20.9. The SMILES string of the molecule is CC1=C2[C@@]3(O)C(=O)OC(C)(C)[C@]2(CC1)[C@@H](O)[C@H]1[C@](O)(CO)[C@@H](OC(=O)c2ccccc2)C[C@H](O)[C@]13C. The molecular weight excluding hydrogens is 468 g/mol. The van der Waals surface area contributed by atoms with Crippen molar-refractivity contribution in [3.63, 3.8) is 0 Å². The summed E-state index contributed by atoms with van der Waals surface area (Å²) in [5.41, 5.74) is -7.81. The van der Waals surface area contributed by atoms with Crippen molar-refractivity contribution in [3.8, 4) is 0 Å². The highest BCUT2D eigenvalue weighted by atomic mass is 16.6. The molecule has 3 aliphatic carbocycles. The summed E-state index contributed by atoms with van der Waals surface area (Å²) >= 11 is 0. The lowest BCUT2D eigenvalue weighted by molar-refractivity contribution is -0.340. The molecule has 5 rings (SSSR count). The topological polar surface area (TPSA) is 154 Å². The number of benzene rings is 1. The standard InChI is InChI=1S/C27H34O9/c1-14-10-11-25-18(14)27(34,22(32)36-23(25,2)3)24(4)16(29)12-17(26(33,13-28)19(24)20(25)30)35-21(31)15-8-6-5-7-9-15/h5-9,16-17,19-20,28-30,33-34H,10-13H2,1-4H3/t16-,17-,19+,20-,24+,25-,26-,27+/m0/s1. The molecule has 1 heterocycles. The van der Waals surface area contributed by atoms with Crippen LogP contribution < -0.4 is 0 Å². The average Bonchev–Trinajstić information content (AvgIpc) is 3.21. The van der Waals surface area contributed by atoms with Gasteiger partial charge in [0.05, 0.1) is 29.8 Å². The number of hydrogen-bond acceptors (Lipinski definition) is 9. The van der Waals surface area contributed by atoms with Gasteiger partial charge in [0, 0.05) is 17.8 Å². The third kappa shape index (κ3) is 2.67. The highest BCUT2D eigenvalue weighted by Crippen LogP contribution is 2.73. The number of aliphatic hydroxyl groups excluding tert-OH is 3. The molecule has 1 aromatic carbocycles. The van der Waals surface area contributed by atoms with Gasteiger partial charge in [-0.2, -0.15) is 0 Å². The summed E-state index contributed by atoms with van der Waals surface area (Å²) in [4.78, 5) is 26.4. The Balaban J connectivity index is 1.69. The first-order valence-electron chi connectivity index (χ1n) is 12.4. The van der Waals surface area contributed by atoms with Crippen LogP contribution in [-0.4, -0.2) is 79.2 Å². The number of carbonyl (C=O) groups is 2. The minimum Gasteiger partial charge on any atom is -0.456 e. The van der Waals surface area contributed by atoms with Crippen LogP contribution in [-0.2, 0) is 14.3 Å². The predicted molar refractivity (Wildman–Crippen MR) is 125 cm³/mol. The number of ether oxygens (including phenoxy) is 2. The van der Waals surface area contributed by atoms with Crippen LogP contribution in [0.5, 0.6) is 0 Å². The van der Waals surface area contributed by atoms with Crippen molar-refractivity contribution >= 4 is 11.9 Å². The van der Waals surface area contributed by atoms with E-state index in [1.165, 1.54) is 19.1 Å². The molecule has 2 bridgehead atoms. The first kappa shape index (κ1) is 25.4. The zero-order chi connectivity index (χ0) is 26.5. The molecular formula is C27H34O9. The molecule has 4 aliphatic rings. The van der Waals surface area contributed by atoms with Crippen molar-refractivity contribution in [2.75, 3.05) is 6.61 Å². The lowest BCUT2D eigenvalue weighted by Crippen LogP contribution is -2.85. The zero-order valence-electron chi connectivity index (χ0n) is 20.9. The van der Waals surface area contributed by atoms with Crippen LogP contribution in [0.1, 0.15) is 57.3 Å². The van der Waals surface area contributed by atoms with E-state index in [-0.39, 0.29) is 12.0 Å². The van der Waals surface area contributed by atoms with Crippen molar-refractivity contribution in [2.45, 2.75) is 82.1 Å². The Kier molecular flexibility index (Phi) is 5.36. The van der Waals surface area contributed by atoms with Crippen molar-refractivity contribution in [3.05, 3.63) is 47.0 Å². The largest absolute Gasteiger partial charge is 0.456 e. The van der Waals surface area contributed by atoms with Gasteiger partial charge in [0.1, 0.15) is 17.3 Å². The molecule has 196 valence electrons. The number of hydrogen-bond donors (Lipinski definition) is 5. The van der Waals surface area contributed by atoms with Gasteiger partial charge < -0.3 is 35.0 Å². The van der Waals surface area contributed by atoms with Crippen LogP contribution in [0.15, 0.2) is 41.5 Å². The van der Waals surface area contributed by atoms with E-state index >= 15 is 0 Å². The second kappa shape index (κ2) is 7.61. The third-order valence-electron chi connectivity index (χ3n) is 9.83. The molecule has 0 aromatic heterocycles. The number of carbonyl (C=O) groups excluding carboxylic acids is 2. The lowest BCUT2D eigenvalue weighted by Gasteiger charge is -2.71. The highest BCUT2D eigenvalue weighted by Gasteiger charge is 2.84. The summed E-state index contributed by atoms with van der Waals surface area (Å²) < 4.78 is 11.4. The Morgan fingerprint density at radius 2 is 1.78 bits per heavy atom. The number of fused-ring (bicyclic) bond motifs is 2. The molecule has 36 heavy (non-hydrogen) atoms. The van der Waals surface area contributed by atoms with Gasteiger partial charge >= 0.3 is 11.9 Å². The summed E-state index contributed by atoms with van der Waals surface area (Å²) in [7, 11) is 0. The summed E-state index contributed by atoms with van der Waals surface area (Å²) in [6, 6.07) is 8.08. The van der Waals surface area contributed by atoms with Crippen molar-refractivity contribution in [2.24, 2.45) is 16.7 Å². The van der Waals surface area contributed by atoms with Gasteiger partial charge in [-0.15, -0.1) is 0 Å². The molecule has 3 fully saturated rings. The molecule has 0 unspecified atom stereocenters. The Bertz CT molecular complexity index is 1150. The second-order valence-corrected chi connectivity index (χ2v) is 11.6. The summed E-state index contributed by atoms with van der Waals surface area (Å²) in [6.45, 7) is 5.57. The Morgan fingerprint density at radius 1 is 1.14 bits per heavy atom. The van der Waals surface area contributed by atoms with Crippen LogP contribution in [0, 0.1) is 16.7 Å². The molecule has 0 amide bonds. The first-order chi connectivity index (χ1) is 16.7. The van der Waals surface area contributed by atoms with Gasteiger partial charge in [-0.25, -0.2) is 9.59 Å². The smallest absolute Gasteiger partial charge is 0.343 e. The van der Waals surface area contributed by atoms with Crippen LogP contribution in [0.2, 0.25) is 0 Å². The fourth-order valence-corrected chi connectivity index (χ4v) is 7.94. The number of esters is 2. The fraction of sp³-hybridized carbons (Fsp3) is 0.630. The van der Waals surface area contributed by atoms with Crippen LogP contribution >= 0.6 is 0 Å². The van der Waals surface area contributed by atoms with E-state index in [0.29, 0.717) is 18.4 Å². The Hall–Kier alpha value is -2.30. The van der Waals surface area contributed by atoms with Crippen molar-refractivity contribution in [1.29, 1.82) is 0 Å². The van der Waals surface area contributed by atoms with E-state index in [2.05, 4.69) is 0 Å². The van der Waals surface area contributed by atoms with Gasteiger partial charge in [0.2, 0.25) is 0 Å². The molecule has 9 nitrogen and oxygen atoms in total. The summed E-state index contributed by atoms with van der Waals surface area (Å²) in [6.07, 6.45) is -3.97. The molecule has 9 heteroatoms. The van der Waals surface area contributed by atoms with Gasteiger partial charge in [0.15, 0.2) is 5.60 Å². The maximum absolute atomic E-state index is 13.6. The number of aliphatic hydroxyl groups is 5. The third-order valence-corrected chi connectivity index (χ3v) is 9.83. The first-order valence-corrected chi connectivity index (χ1v) is 12.4. The van der Waals surface area contributed by atoms with Gasteiger partial charge in [0.25, 0.3) is 0 Å². The van der Waals surface area contributed by atoms with Gasteiger partial charge in [-0.3, -0.25) is 0 Å². The molecule has 1 saturated heterocycles. The van der Waals surface area contributed by atoms with E-state index in [0.717, 1.165) is 5.57 Å². The van der Waals surface area contributed by atoms with Gasteiger partial charge in [-0.1, -0.05) is 30.7 Å². The minimum absolute atomic E-state index is 0.209. The quantitative estimate of drug-likeness (QED) is 0.299. The summed E-state index contributed by atoms with van der Waals surface area (Å²) in [5.74, 6) is -3.19. The molecule has 1 aliphatic heterocycles. The van der Waals surface area contributed by atoms with Crippen molar-refractivity contribution < 1.29 is 44.6 Å². The lowest BCUT2D eigenvalue weighted by atomic mass is 9.38. The monoisotopic (exact) mass is 502 g/mol. The average molecular weight is 503 g/mol. The summed E-state index contributed by atoms with van der Waals surface area (Å²) in [5, 5.41) is 58.4. The van der Waals surface area contributed by atoms with E-state index in [4.69, 9.17) is 9.47 Å².